The van der Waals surface area contributed by atoms with Crippen molar-refractivity contribution in [1.29, 1.82) is 0 Å². The van der Waals surface area contributed by atoms with Gasteiger partial charge in [-0.2, -0.15) is 13.9 Å². The summed E-state index contributed by atoms with van der Waals surface area (Å²) in [5.41, 5.74) is 0. The largest absolute Gasteiger partial charge is 0.435 e. The highest BCUT2D eigenvalue weighted by atomic mass is 32.2. The number of sulfonamides is 1. The van der Waals surface area contributed by atoms with Gasteiger partial charge in [0, 0.05) is 12.7 Å². The molecule has 0 N–H and O–H groups in total. The van der Waals surface area contributed by atoms with Gasteiger partial charge in [0.05, 0.1) is 4.90 Å². The van der Waals surface area contributed by atoms with E-state index in [2.05, 4.69) is 14.9 Å². The summed E-state index contributed by atoms with van der Waals surface area (Å²) in [6, 6.07) is 7.83. The number of hydrogen-bond donors (Lipinski definition) is 0. The van der Waals surface area contributed by atoms with Crippen molar-refractivity contribution in [2.24, 2.45) is 0 Å². The van der Waals surface area contributed by atoms with Crippen LogP contribution in [0.25, 0.3) is 0 Å². The zero-order valence-electron chi connectivity index (χ0n) is 11.6. The molecule has 6 nitrogen and oxygen atoms in total. The minimum atomic E-state index is -3.86. The average molecular weight is 329 g/mol. The minimum Gasteiger partial charge on any atom is -0.435 e. The van der Waals surface area contributed by atoms with E-state index in [1.165, 1.54) is 36.5 Å². The SMILES string of the molecule is CCN(c1cccnn1)S(=O)(=O)c1ccc(OC(F)F)cc1. The lowest BCUT2D eigenvalue weighted by molar-refractivity contribution is -0.0498. The average Bonchev–Trinajstić information content (AvgIpc) is 2.49. The lowest BCUT2D eigenvalue weighted by Crippen LogP contribution is -2.31. The first-order valence-electron chi connectivity index (χ1n) is 6.30. The number of alkyl halides is 2. The molecule has 1 heterocycles. The number of rotatable bonds is 6. The summed E-state index contributed by atoms with van der Waals surface area (Å²) < 4.78 is 54.6. The van der Waals surface area contributed by atoms with Crippen LogP contribution in [0.15, 0.2) is 47.5 Å². The third-order valence-electron chi connectivity index (χ3n) is 2.74. The van der Waals surface area contributed by atoms with E-state index >= 15 is 0 Å². The Morgan fingerprint density at radius 3 is 2.41 bits per heavy atom. The van der Waals surface area contributed by atoms with Crippen LogP contribution in [0.5, 0.6) is 5.75 Å². The summed E-state index contributed by atoms with van der Waals surface area (Å²) in [6.07, 6.45) is 1.43. The van der Waals surface area contributed by atoms with E-state index in [-0.39, 0.29) is 23.0 Å². The first-order valence-corrected chi connectivity index (χ1v) is 7.74. The van der Waals surface area contributed by atoms with Crippen molar-refractivity contribution in [1.82, 2.24) is 10.2 Å². The molecule has 0 fully saturated rings. The third-order valence-corrected chi connectivity index (χ3v) is 4.63. The first kappa shape index (κ1) is 16.1. The maximum absolute atomic E-state index is 12.6. The summed E-state index contributed by atoms with van der Waals surface area (Å²) in [5, 5.41) is 7.42. The molecule has 1 aromatic carbocycles. The van der Waals surface area contributed by atoms with Gasteiger partial charge < -0.3 is 4.74 Å². The fraction of sp³-hybridized carbons (Fsp3) is 0.231. The Labute approximate surface area is 126 Å². The maximum Gasteiger partial charge on any atom is 0.387 e. The summed E-state index contributed by atoms with van der Waals surface area (Å²) >= 11 is 0. The van der Waals surface area contributed by atoms with Gasteiger partial charge in [-0.3, -0.25) is 0 Å². The summed E-state index contributed by atoms with van der Waals surface area (Å²) in [6.45, 7) is -1.16. The first-order chi connectivity index (χ1) is 10.4. The number of hydrogen-bond acceptors (Lipinski definition) is 5. The fourth-order valence-electron chi connectivity index (χ4n) is 1.80. The standard InChI is InChI=1S/C13H13F2N3O3S/c1-2-18(12-4-3-9-16-17-12)22(19,20)11-7-5-10(6-8-11)21-13(14)15/h3-9,13H,2H2,1H3. The Morgan fingerprint density at radius 1 is 1.23 bits per heavy atom. The smallest absolute Gasteiger partial charge is 0.387 e. The van der Waals surface area contributed by atoms with Crippen LogP contribution < -0.4 is 9.04 Å². The van der Waals surface area contributed by atoms with Gasteiger partial charge >= 0.3 is 6.61 Å². The monoisotopic (exact) mass is 329 g/mol. The molecular weight excluding hydrogens is 316 g/mol. The molecule has 0 atom stereocenters. The fourth-order valence-corrected chi connectivity index (χ4v) is 3.22. The number of aromatic nitrogens is 2. The molecule has 22 heavy (non-hydrogen) atoms. The molecule has 0 aliphatic heterocycles. The van der Waals surface area contributed by atoms with Gasteiger partial charge in [-0.1, -0.05) is 0 Å². The highest BCUT2D eigenvalue weighted by Gasteiger charge is 2.24. The van der Waals surface area contributed by atoms with Crippen LogP contribution in [0, 0.1) is 0 Å². The lowest BCUT2D eigenvalue weighted by Gasteiger charge is -2.21. The topological polar surface area (TPSA) is 72.4 Å². The predicted molar refractivity (Wildman–Crippen MR) is 75.3 cm³/mol. The van der Waals surface area contributed by atoms with Crippen molar-refractivity contribution in [2.75, 3.05) is 10.8 Å². The zero-order chi connectivity index (χ0) is 16.2. The lowest BCUT2D eigenvalue weighted by atomic mass is 10.3. The van der Waals surface area contributed by atoms with E-state index < -0.39 is 16.6 Å². The van der Waals surface area contributed by atoms with E-state index in [0.717, 1.165) is 4.31 Å². The van der Waals surface area contributed by atoms with Crippen LogP contribution in [0.4, 0.5) is 14.6 Å². The van der Waals surface area contributed by atoms with Gasteiger partial charge in [-0.05, 0) is 43.3 Å². The van der Waals surface area contributed by atoms with E-state index in [1.54, 1.807) is 13.0 Å². The molecular formula is C13H13F2N3O3S. The predicted octanol–water partition coefficient (Wildman–Crippen LogP) is 2.29. The van der Waals surface area contributed by atoms with Crippen LogP contribution in [-0.4, -0.2) is 31.8 Å². The normalized spacial score (nSPS) is 11.5. The summed E-state index contributed by atoms with van der Waals surface area (Å²) in [4.78, 5) is -0.0541. The number of nitrogens with zero attached hydrogens (tertiary/aromatic N) is 3. The summed E-state index contributed by atoms with van der Waals surface area (Å²) in [7, 11) is -3.86. The van der Waals surface area contributed by atoms with Gasteiger partial charge in [0.2, 0.25) is 0 Å². The van der Waals surface area contributed by atoms with Gasteiger partial charge in [0.15, 0.2) is 5.82 Å². The second kappa shape index (κ2) is 6.65. The van der Waals surface area contributed by atoms with Gasteiger partial charge in [0.25, 0.3) is 10.0 Å². The Balaban J connectivity index is 2.32. The van der Waals surface area contributed by atoms with Crippen LogP contribution in [-0.2, 0) is 10.0 Å². The van der Waals surface area contributed by atoms with Crippen molar-refractivity contribution in [2.45, 2.75) is 18.4 Å². The van der Waals surface area contributed by atoms with Crippen molar-refractivity contribution in [3.8, 4) is 5.75 Å². The van der Waals surface area contributed by atoms with Crippen LogP contribution in [0.2, 0.25) is 0 Å². The van der Waals surface area contributed by atoms with Crippen LogP contribution >= 0.6 is 0 Å². The maximum atomic E-state index is 12.6. The molecule has 0 aliphatic rings. The van der Waals surface area contributed by atoms with Gasteiger partial charge in [0.1, 0.15) is 5.75 Å². The van der Waals surface area contributed by atoms with Crippen molar-refractivity contribution >= 4 is 15.8 Å². The number of anilines is 1. The Bertz CT molecular complexity index is 709. The number of benzene rings is 1. The molecule has 0 radical (unpaired) electrons. The molecule has 0 unspecified atom stereocenters. The van der Waals surface area contributed by atoms with E-state index in [4.69, 9.17) is 0 Å². The van der Waals surface area contributed by atoms with Crippen molar-refractivity contribution in [3.05, 3.63) is 42.6 Å². The molecule has 0 spiro atoms. The highest BCUT2D eigenvalue weighted by Crippen LogP contribution is 2.23. The third kappa shape index (κ3) is 3.48. The van der Waals surface area contributed by atoms with E-state index in [9.17, 15) is 17.2 Å². The number of halogens is 2. The number of ether oxygens (including phenoxy) is 1. The van der Waals surface area contributed by atoms with Gasteiger partial charge in [-0.15, -0.1) is 5.10 Å². The second-order valence-electron chi connectivity index (χ2n) is 4.10. The van der Waals surface area contributed by atoms with Crippen LogP contribution in [0.3, 0.4) is 0 Å². The summed E-state index contributed by atoms with van der Waals surface area (Å²) in [5.74, 6) is 0.0643. The van der Waals surface area contributed by atoms with Crippen molar-refractivity contribution < 1.29 is 21.9 Å². The quantitative estimate of drug-likeness (QED) is 0.813. The minimum absolute atomic E-state index is 0.0541. The Kier molecular flexibility index (Phi) is 4.86. The van der Waals surface area contributed by atoms with E-state index in [0.29, 0.717) is 0 Å². The second-order valence-corrected chi connectivity index (χ2v) is 5.96. The molecule has 0 aliphatic carbocycles. The Hall–Kier alpha value is -2.29. The molecule has 118 valence electrons. The molecule has 2 rings (SSSR count). The molecule has 9 heteroatoms. The zero-order valence-corrected chi connectivity index (χ0v) is 12.4. The molecule has 0 bridgehead atoms. The Morgan fingerprint density at radius 2 is 1.91 bits per heavy atom. The molecule has 1 aromatic heterocycles. The molecule has 0 saturated carbocycles. The highest BCUT2D eigenvalue weighted by molar-refractivity contribution is 7.92. The van der Waals surface area contributed by atoms with Crippen molar-refractivity contribution in [3.63, 3.8) is 0 Å². The molecule has 2 aromatic rings. The van der Waals surface area contributed by atoms with E-state index in [1.807, 2.05) is 0 Å². The van der Waals surface area contributed by atoms with Gasteiger partial charge in [-0.25, -0.2) is 12.7 Å². The molecule has 0 saturated heterocycles. The molecule has 0 amide bonds. The van der Waals surface area contributed by atoms with Crippen LogP contribution in [0.1, 0.15) is 6.92 Å².